The Kier molecular flexibility index (Phi) is 5.00. The summed E-state index contributed by atoms with van der Waals surface area (Å²) < 4.78 is 24.0. The van der Waals surface area contributed by atoms with Crippen LogP contribution >= 0.6 is 11.3 Å². The van der Waals surface area contributed by atoms with Crippen LogP contribution in [-0.4, -0.2) is 36.4 Å². The smallest absolute Gasteiger partial charge is 0.345 e. The molecule has 2 rings (SSSR count). The van der Waals surface area contributed by atoms with Gasteiger partial charge in [-0.1, -0.05) is 12.8 Å². The lowest BCUT2D eigenvalue weighted by Crippen LogP contribution is -2.33. The lowest BCUT2D eigenvalue weighted by atomic mass is 10.4. The zero-order valence-corrected chi connectivity index (χ0v) is 13.0. The predicted octanol–water partition coefficient (Wildman–Crippen LogP) is 1.42. The molecule has 0 aliphatic heterocycles. The van der Waals surface area contributed by atoms with Crippen molar-refractivity contribution in [1.82, 2.24) is 5.32 Å². The predicted molar refractivity (Wildman–Crippen MR) is 79.2 cm³/mol. The van der Waals surface area contributed by atoms with E-state index in [-0.39, 0.29) is 16.7 Å². The Labute approximate surface area is 127 Å². The molecule has 1 aromatic heterocycles. The van der Waals surface area contributed by atoms with Crippen molar-refractivity contribution in [2.75, 3.05) is 5.75 Å². The van der Waals surface area contributed by atoms with Gasteiger partial charge in [0.05, 0.1) is 11.8 Å². The highest BCUT2D eigenvalue weighted by Crippen LogP contribution is 2.25. The first-order valence-corrected chi connectivity index (χ1v) is 9.22. The van der Waals surface area contributed by atoms with Gasteiger partial charge in [0.15, 0.2) is 9.84 Å². The van der Waals surface area contributed by atoms with E-state index >= 15 is 0 Å². The highest BCUT2D eigenvalue weighted by atomic mass is 32.2. The van der Waals surface area contributed by atoms with Crippen LogP contribution in [0.5, 0.6) is 0 Å². The first-order valence-electron chi connectivity index (χ1n) is 6.69. The van der Waals surface area contributed by atoms with E-state index in [1.807, 2.05) is 0 Å². The van der Waals surface area contributed by atoms with E-state index in [1.165, 1.54) is 6.07 Å². The minimum absolute atomic E-state index is 0.150. The molecule has 0 saturated heterocycles. The fourth-order valence-corrected chi connectivity index (χ4v) is 4.91. The SMILES string of the molecule is O=C(CS(=O)(=O)C1CCCC1)NCc1ccc(C(=O)O)s1. The highest BCUT2D eigenvalue weighted by molar-refractivity contribution is 7.92. The monoisotopic (exact) mass is 331 g/mol. The summed E-state index contributed by atoms with van der Waals surface area (Å²) in [5.41, 5.74) is 0. The van der Waals surface area contributed by atoms with Crippen LogP contribution in [0, 0.1) is 0 Å². The normalized spacial score (nSPS) is 16.0. The Morgan fingerprint density at radius 2 is 1.95 bits per heavy atom. The van der Waals surface area contributed by atoms with Crippen molar-refractivity contribution in [3.63, 3.8) is 0 Å². The van der Waals surface area contributed by atoms with Crippen molar-refractivity contribution in [3.05, 3.63) is 21.9 Å². The van der Waals surface area contributed by atoms with Gasteiger partial charge >= 0.3 is 5.97 Å². The van der Waals surface area contributed by atoms with Crippen molar-refractivity contribution in [2.45, 2.75) is 37.5 Å². The van der Waals surface area contributed by atoms with Gasteiger partial charge in [0.25, 0.3) is 0 Å². The molecule has 1 aliphatic carbocycles. The van der Waals surface area contributed by atoms with Crippen LogP contribution in [0.3, 0.4) is 0 Å². The molecule has 21 heavy (non-hydrogen) atoms. The van der Waals surface area contributed by atoms with Gasteiger partial charge < -0.3 is 10.4 Å². The van der Waals surface area contributed by atoms with E-state index in [2.05, 4.69) is 5.32 Å². The van der Waals surface area contributed by atoms with Gasteiger partial charge in [-0.15, -0.1) is 11.3 Å². The molecule has 8 heteroatoms. The summed E-state index contributed by atoms with van der Waals surface area (Å²) >= 11 is 1.06. The summed E-state index contributed by atoms with van der Waals surface area (Å²) in [4.78, 5) is 23.3. The average Bonchev–Trinajstić information content (AvgIpc) is 3.07. The first-order chi connectivity index (χ1) is 9.88. The molecule has 6 nitrogen and oxygen atoms in total. The van der Waals surface area contributed by atoms with Gasteiger partial charge in [-0.3, -0.25) is 4.79 Å². The van der Waals surface area contributed by atoms with E-state index < -0.39 is 27.5 Å². The fourth-order valence-electron chi connectivity index (χ4n) is 2.37. The third-order valence-corrected chi connectivity index (χ3v) is 6.70. The summed E-state index contributed by atoms with van der Waals surface area (Å²) in [6.07, 6.45) is 3.09. The molecule has 0 radical (unpaired) electrons. The Hall–Kier alpha value is -1.41. The fraction of sp³-hybridized carbons (Fsp3) is 0.538. The van der Waals surface area contributed by atoms with E-state index in [4.69, 9.17) is 5.11 Å². The molecular weight excluding hydrogens is 314 g/mol. The van der Waals surface area contributed by atoms with E-state index in [9.17, 15) is 18.0 Å². The second kappa shape index (κ2) is 6.57. The number of carbonyl (C=O) groups is 2. The van der Waals surface area contributed by atoms with Crippen LogP contribution in [0.1, 0.15) is 40.2 Å². The number of amides is 1. The summed E-state index contributed by atoms with van der Waals surface area (Å²) in [5, 5.41) is 10.9. The number of carboxylic acids is 1. The average molecular weight is 331 g/mol. The Bertz CT molecular complexity index is 629. The maximum atomic E-state index is 12.0. The summed E-state index contributed by atoms with van der Waals surface area (Å²) in [6, 6.07) is 3.07. The molecule has 2 N–H and O–H groups in total. The van der Waals surface area contributed by atoms with Gasteiger partial charge in [0.2, 0.25) is 5.91 Å². The quantitative estimate of drug-likeness (QED) is 0.821. The molecule has 116 valence electrons. The Morgan fingerprint density at radius 3 is 2.52 bits per heavy atom. The number of thiophene rings is 1. The van der Waals surface area contributed by atoms with Gasteiger partial charge in [-0.2, -0.15) is 0 Å². The largest absolute Gasteiger partial charge is 0.477 e. The molecule has 0 unspecified atom stereocenters. The molecule has 0 spiro atoms. The number of rotatable bonds is 6. The number of carboxylic acid groups (broad SMARTS) is 1. The Balaban J connectivity index is 1.85. The van der Waals surface area contributed by atoms with Crippen LogP contribution in [0.15, 0.2) is 12.1 Å². The van der Waals surface area contributed by atoms with Crippen LogP contribution < -0.4 is 5.32 Å². The zero-order chi connectivity index (χ0) is 15.5. The molecule has 0 bridgehead atoms. The van der Waals surface area contributed by atoms with Crippen molar-refractivity contribution >= 4 is 33.1 Å². The summed E-state index contributed by atoms with van der Waals surface area (Å²) in [6.45, 7) is 0.150. The van der Waals surface area contributed by atoms with E-state index in [0.29, 0.717) is 17.7 Å². The van der Waals surface area contributed by atoms with Crippen molar-refractivity contribution < 1.29 is 23.1 Å². The van der Waals surface area contributed by atoms with Gasteiger partial charge in [-0.05, 0) is 25.0 Å². The molecule has 1 saturated carbocycles. The third-order valence-electron chi connectivity index (χ3n) is 3.47. The second-order valence-electron chi connectivity index (χ2n) is 5.06. The molecule has 1 heterocycles. The highest BCUT2D eigenvalue weighted by Gasteiger charge is 2.30. The van der Waals surface area contributed by atoms with Crippen LogP contribution in [-0.2, 0) is 21.2 Å². The topological polar surface area (TPSA) is 101 Å². The standard InChI is InChI=1S/C13H17NO5S2/c15-12(8-21(18,19)10-3-1-2-4-10)14-7-9-5-6-11(20-9)13(16)17/h5-6,10H,1-4,7-8H2,(H,14,15)(H,16,17). The number of aromatic carboxylic acids is 1. The molecule has 1 aliphatic rings. The van der Waals surface area contributed by atoms with Crippen molar-refractivity contribution in [3.8, 4) is 0 Å². The van der Waals surface area contributed by atoms with Crippen LogP contribution in [0.4, 0.5) is 0 Å². The van der Waals surface area contributed by atoms with Gasteiger partial charge in [0.1, 0.15) is 10.6 Å². The number of sulfone groups is 1. The number of nitrogens with one attached hydrogen (secondary N) is 1. The lowest BCUT2D eigenvalue weighted by Gasteiger charge is -2.10. The number of carbonyl (C=O) groups excluding carboxylic acids is 1. The molecule has 1 amide bonds. The minimum Gasteiger partial charge on any atom is -0.477 e. The van der Waals surface area contributed by atoms with Gasteiger partial charge in [0, 0.05) is 4.88 Å². The molecule has 0 aromatic carbocycles. The second-order valence-corrected chi connectivity index (χ2v) is 8.51. The van der Waals surface area contributed by atoms with Crippen LogP contribution in [0.2, 0.25) is 0 Å². The minimum atomic E-state index is -3.37. The third kappa shape index (κ3) is 4.28. The maximum absolute atomic E-state index is 12.0. The van der Waals surface area contributed by atoms with Crippen molar-refractivity contribution in [2.24, 2.45) is 0 Å². The summed E-state index contributed by atoms with van der Waals surface area (Å²) in [5.74, 6) is -2.04. The Morgan fingerprint density at radius 1 is 1.29 bits per heavy atom. The molecule has 0 atom stereocenters. The lowest BCUT2D eigenvalue weighted by molar-refractivity contribution is -0.118. The maximum Gasteiger partial charge on any atom is 0.345 e. The zero-order valence-electron chi connectivity index (χ0n) is 11.4. The molecular formula is C13H17NO5S2. The molecule has 1 aromatic rings. The number of hydrogen-bond acceptors (Lipinski definition) is 5. The summed E-state index contributed by atoms with van der Waals surface area (Å²) in [7, 11) is -3.37. The van der Waals surface area contributed by atoms with Gasteiger partial charge in [-0.25, -0.2) is 13.2 Å². The van der Waals surface area contributed by atoms with E-state index in [1.54, 1.807) is 6.07 Å². The number of hydrogen-bond donors (Lipinski definition) is 2. The first kappa shape index (κ1) is 16.0. The van der Waals surface area contributed by atoms with Crippen molar-refractivity contribution in [1.29, 1.82) is 0 Å². The molecule has 1 fully saturated rings. The van der Waals surface area contributed by atoms with Crippen LogP contribution in [0.25, 0.3) is 0 Å². The van der Waals surface area contributed by atoms with E-state index in [0.717, 1.165) is 24.2 Å².